The Labute approximate surface area is 110 Å². The highest BCUT2D eigenvalue weighted by atomic mass is 32.1. The molecule has 2 aromatic heterocycles. The van der Waals surface area contributed by atoms with Gasteiger partial charge in [-0.25, -0.2) is 0 Å². The van der Waals surface area contributed by atoms with E-state index in [4.69, 9.17) is 0 Å². The molecule has 2 aromatic rings. The summed E-state index contributed by atoms with van der Waals surface area (Å²) in [7, 11) is 0. The Morgan fingerprint density at radius 1 is 1.44 bits per heavy atom. The molecule has 3 nitrogen and oxygen atoms in total. The van der Waals surface area contributed by atoms with E-state index in [2.05, 4.69) is 23.4 Å². The standard InChI is InChI=1S/C14H14N2OS/c1-2-12(13-6-4-8-18-13)16-9-11-10(14(16)17)5-3-7-15-11/h3-8,12H,2,9H2,1H3. The summed E-state index contributed by atoms with van der Waals surface area (Å²) in [5, 5.41) is 2.06. The van der Waals surface area contributed by atoms with Crippen LogP contribution in [-0.2, 0) is 6.54 Å². The van der Waals surface area contributed by atoms with Gasteiger partial charge in [0.15, 0.2) is 0 Å². The van der Waals surface area contributed by atoms with Crippen molar-refractivity contribution < 1.29 is 4.79 Å². The summed E-state index contributed by atoms with van der Waals surface area (Å²) in [5.74, 6) is 0.110. The first-order chi connectivity index (χ1) is 8.81. The molecule has 1 amide bonds. The highest BCUT2D eigenvalue weighted by Gasteiger charge is 2.33. The number of thiophene rings is 1. The summed E-state index contributed by atoms with van der Waals surface area (Å²) in [6.45, 7) is 2.75. The number of pyridine rings is 1. The molecule has 0 N–H and O–H groups in total. The van der Waals surface area contributed by atoms with E-state index in [9.17, 15) is 4.79 Å². The average molecular weight is 258 g/mol. The number of aromatic nitrogens is 1. The van der Waals surface area contributed by atoms with Gasteiger partial charge in [-0.15, -0.1) is 11.3 Å². The fraction of sp³-hybridized carbons (Fsp3) is 0.286. The first kappa shape index (κ1) is 11.4. The normalized spacial score (nSPS) is 15.8. The van der Waals surface area contributed by atoms with Crippen molar-refractivity contribution in [2.75, 3.05) is 0 Å². The minimum absolute atomic E-state index is 0.110. The van der Waals surface area contributed by atoms with Gasteiger partial charge in [-0.1, -0.05) is 13.0 Å². The van der Waals surface area contributed by atoms with Gasteiger partial charge >= 0.3 is 0 Å². The summed E-state index contributed by atoms with van der Waals surface area (Å²) in [4.78, 5) is 19.9. The second kappa shape index (κ2) is 4.53. The predicted molar refractivity (Wildman–Crippen MR) is 71.5 cm³/mol. The minimum atomic E-state index is 0.110. The van der Waals surface area contributed by atoms with Crippen LogP contribution in [0.3, 0.4) is 0 Å². The van der Waals surface area contributed by atoms with Gasteiger partial charge in [-0.2, -0.15) is 0 Å². The third-order valence-corrected chi connectivity index (χ3v) is 4.31. The van der Waals surface area contributed by atoms with Crippen molar-refractivity contribution in [2.24, 2.45) is 0 Å². The van der Waals surface area contributed by atoms with Crippen LogP contribution in [0.2, 0.25) is 0 Å². The van der Waals surface area contributed by atoms with Gasteiger partial charge in [0.05, 0.1) is 23.8 Å². The van der Waals surface area contributed by atoms with Gasteiger partial charge < -0.3 is 4.90 Å². The van der Waals surface area contributed by atoms with Crippen molar-refractivity contribution in [1.82, 2.24) is 9.88 Å². The lowest BCUT2D eigenvalue weighted by Gasteiger charge is -2.25. The summed E-state index contributed by atoms with van der Waals surface area (Å²) >= 11 is 1.71. The van der Waals surface area contributed by atoms with Crippen LogP contribution in [-0.4, -0.2) is 15.8 Å². The van der Waals surface area contributed by atoms with Crippen LogP contribution < -0.4 is 0 Å². The number of carbonyl (C=O) groups is 1. The molecule has 1 aliphatic heterocycles. The lowest BCUT2D eigenvalue weighted by molar-refractivity contribution is 0.0698. The highest BCUT2D eigenvalue weighted by molar-refractivity contribution is 7.10. The molecule has 0 saturated heterocycles. The Balaban J connectivity index is 1.94. The van der Waals surface area contributed by atoms with Crippen molar-refractivity contribution >= 4 is 17.2 Å². The molecule has 0 saturated carbocycles. The Bertz CT molecular complexity index is 565. The Morgan fingerprint density at radius 2 is 2.33 bits per heavy atom. The number of carbonyl (C=O) groups excluding carboxylic acids is 1. The Kier molecular flexibility index (Phi) is 2.88. The Hall–Kier alpha value is -1.68. The first-order valence-electron chi connectivity index (χ1n) is 6.09. The number of rotatable bonds is 3. The van der Waals surface area contributed by atoms with Gasteiger partial charge in [0.1, 0.15) is 0 Å². The monoisotopic (exact) mass is 258 g/mol. The highest BCUT2D eigenvalue weighted by Crippen LogP contribution is 2.34. The van der Waals surface area contributed by atoms with Crippen LogP contribution in [0.25, 0.3) is 0 Å². The molecule has 4 heteroatoms. The maximum atomic E-state index is 12.4. The zero-order chi connectivity index (χ0) is 12.5. The quantitative estimate of drug-likeness (QED) is 0.846. The predicted octanol–water partition coefficient (Wildman–Crippen LogP) is 3.25. The number of nitrogens with zero attached hydrogens (tertiary/aromatic N) is 2. The molecule has 1 atom stereocenters. The lowest BCUT2D eigenvalue weighted by Crippen LogP contribution is -2.28. The molecule has 92 valence electrons. The van der Waals surface area contributed by atoms with E-state index in [1.165, 1.54) is 4.88 Å². The van der Waals surface area contributed by atoms with Crippen molar-refractivity contribution in [3.63, 3.8) is 0 Å². The molecule has 1 unspecified atom stereocenters. The van der Waals surface area contributed by atoms with E-state index < -0.39 is 0 Å². The van der Waals surface area contributed by atoms with Crippen molar-refractivity contribution in [3.05, 3.63) is 52.0 Å². The molecule has 0 aliphatic carbocycles. The average Bonchev–Trinajstić information content (AvgIpc) is 3.01. The molecular weight excluding hydrogens is 244 g/mol. The topological polar surface area (TPSA) is 33.2 Å². The molecule has 3 heterocycles. The van der Waals surface area contributed by atoms with E-state index in [-0.39, 0.29) is 11.9 Å². The summed E-state index contributed by atoms with van der Waals surface area (Å²) in [6, 6.07) is 8.00. The van der Waals surface area contributed by atoms with Crippen LogP contribution in [0.5, 0.6) is 0 Å². The largest absolute Gasteiger partial charge is 0.325 e. The summed E-state index contributed by atoms with van der Waals surface area (Å²) in [5.41, 5.74) is 1.66. The third kappa shape index (κ3) is 1.73. The molecule has 0 radical (unpaired) electrons. The van der Waals surface area contributed by atoms with E-state index in [0.717, 1.165) is 17.7 Å². The van der Waals surface area contributed by atoms with Crippen molar-refractivity contribution in [3.8, 4) is 0 Å². The number of fused-ring (bicyclic) bond motifs is 1. The Morgan fingerprint density at radius 3 is 3.00 bits per heavy atom. The van der Waals surface area contributed by atoms with Crippen molar-refractivity contribution in [1.29, 1.82) is 0 Å². The lowest BCUT2D eigenvalue weighted by atomic mass is 10.1. The zero-order valence-electron chi connectivity index (χ0n) is 10.2. The molecule has 0 aromatic carbocycles. The maximum Gasteiger partial charge on any atom is 0.256 e. The fourth-order valence-electron chi connectivity index (χ4n) is 2.45. The number of hydrogen-bond acceptors (Lipinski definition) is 3. The maximum absolute atomic E-state index is 12.4. The summed E-state index contributed by atoms with van der Waals surface area (Å²) < 4.78 is 0. The van der Waals surface area contributed by atoms with Gasteiger partial charge in [-0.3, -0.25) is 9.78 Å². The summed E-state index contributed by atoms with van der Waals surface area (Å²) in [6.07, 6.45) is 2.68. The zero-order valence-corrected chi connectivity index (χ0v) is 11.0. The van der Waals surface area contributed by atoms with Crippen LogP contribution in [0.15, 0.2) is 35.8 Å². The van der Waals surface area contributed by atoms with Gasteiger partial charge in [-0.05, 0) is 30.0 Å². The molecule has 0 fully saturated rings. The number of amides is 1. The van der Waals surface area contributed by atoms with Crippen LogP contribution in [0, 0.1) is 0 Å². The molecule has 3 rings (SSSR count). The molecule has 0 spiro atoms. The smallest absolute Gasteiger partial charge is 0.256 e. The van der Waals surface area contributed by atoms with Crippen LogP contribution in [0.1, 0.15) is 40.3 Å². The molecule has 18 heavy (non-hydrogen) atoms. The van der Waals surface area contributed by atoms with Gasteiger partial charge in [0.2, 0.25) is 0 Å². The van der Waals surface area contributed by atoms with E-state index >= 15 is 0 Å². The second-order valence-corrected chi connectivity index (χ2v) is 5.35. The SMILES string of the molecule is CCC(c1cccs1)N1Cc2ncccc2C1=O. The molecule has 1 aliphatic rings. The van der Waals surface area contributed by atoms with Gasteiger partial charge in [0.25, 0.3) is 5.91 Å². The van der Waals surface area contributed by atoms with E-state index in [1.54, 1.807) is 17.5 Å². The van der Waals surface area contributed by atoms with E-state index in [0.29, 0.717) is 6.54 Å². The number of hydrogen-bond donors (Lipinski definition) is 0. The van der Waals surface area contributed by atoms with Crippen LogP contribution in [0.4, 0.5) is 0 Å². The molecular formula is C14H14N2OS. The van der Waals surface area contributed by atoms with Crippen LogP contribution >= 0.6 is 11.3 Å². The molecule has 0 bridgehead atoms. The van der Waals surface area contributed by atoms with E-state index in [1.807, 2.05) is 23.1 Å². The first-order valence-corrected chi connectivity index (χ1v) is 6.97. The second-order valence-electron chi connectivity index (χ2n) is 4.37. The van der Waals surface area contributed by atoms with Crippen molar-refractivity contribution in [2.45, 2.75) is 25.9 Å². The fourth-order valence-corrected chi connectivity index (χ4v) is 3.38. The minimum Gasteiger partial charge on any atom is -0.325 e. The third-order valence-electron chi connectivity index (χ3n) is 3.34. The van der Waals surface area contributed by atoms with Gasteiger partial charge in [0, 0.05) is 11.1 Å².